The number of amides is 1. The van der Waals surface area contributed by atoms with Crippen molar-refractivity contribution in [2.45, 2.75) is 0 Å². The van der Waals surface area contributed by atoms with Crippen LogP contribution in [0.2, 0.25) is 10.0 Å². The molecule has 0 fully saturated rings. The molecule has 0 saturated heterocycles. The van der Waals surface area contributed by atoms with Gasteiger partial charge in [0, 0.05) is 16.6 Å². The molecule has 0 atom stereocenters. The first kappa shape index (κ1) is 14.6. The third-order valence-electron chi connectivity index (χ3n) is 3.17. The van der Waals surface area contributed by atoms with E-state index in [0.717, 1.165) is 5.39 Å². The average Bonchev–Trinajstić information content (AvgIpc) is 2.51. The van der Waals surface area contributed by atoms with Crippen molar-refractivity contribution in [3.8, 4) is 5.75 Å². The van der Waals surface area contributed by atoms with Gasteiger partial charge >= 0.3 is 0 Å². The van der Waals surface area contributed by atoms with Gasteiger partial charge in [0.2, 0.25) is 0 Å². The van der Waals surface area contributed by atoms with Crippen molar-refractivity contribution in [2.75, 3.05) is 5.32 Å². The molecule has 22 heavy (non-hydrogen) atoms. The molecular weight excluding hydrogens is 323 g/mol. The minimum atomic E-state index is -0.491. The zero-order valence-electron chi connectivity index (χ0n) is 11.2. The summed E-state index contributed by atoms with van der Waals surface area (Å²) in [5, 5.41) is 14.4. The first-order valence-electron chi connectivity index (χ1n) is 6.39. The van der Waals surface area contributed by atoms with E-state index in [4.69, 9.17) is 23.2 Å². The number of benzene rings is 2. The monoisotopic (exact) mass is 332 g/mol. The zero-order chi connectivity index (χ0) is 15.7. The molecule has 3 aromatic rings. The van der Waals surface area contributed by atoms with Crippen LogP contribution in [0.25, 0.3) is 10.9 Å². The van der Waals surface area contributed by atoms with Crippen molar-refractivity contribution in [1.29, 1.82) is 0 Å². The number of rotatable bonds is 2. The number of carbonyl (C=O) groups is 1. The standard InChI is InChI=1S/C16H10Cl2N2O2/c17-10-4-6-12(18)13(8-10)20-16(22)11-5-3-9-2-1-7-19-14(9)15(11)21/h1-8,21H,(H,20,22). The molecule has 0 aliphatic carbocycles. The molecule has 0 radical (unpaired) electrons. The summed E-state index contributed by atoms with van der Waals surface area (Å²) in [6.45, 7) is 0. The fourth-order valence-electron chi connectivity index (χ4n) is 2.10. The normalized spacial score (nSPS) is 10.6. The van der Waals surface area contributed by atoms with Crippen molar-refractivity contribution in [3.05, 3.63) is 64.3 Å². The van der Waals surface area contributed by atoms with E-state index in [1.807, 2.05) is 0 Å². The Labute approximate surface area is 136 Å². The highest BCUT2D eigenvalue weighted by Crippen LogP contribution is 2.29. The smallest absolute Gasteiger partial charge is 0.259 e. The van der Waals surface area contributed by atoms with Gasteiger partial charge in [-0.15, -0.1) is 0 Å². The van der Waals surface area contributed by atoms with E-state index in [-0.39, 0.29) is 11.3 Å². The van der Waals surface area contributed by atoms with E-state index in [0.29, 0.717) is 21.2 Å². The van der Waals surface area contributed by atoms with Gasteiger partial charge in [-0.2, -0.15) is 0 Å². The van der Waals surface area contributed by atoms with Crippen LogP contribution in [0.5, 0.6) is 5.75 Å². The summed E-state index contributed by atoms with van der Waals surface area (Å²) in [7, 11) is 0. The topological polar surface area (TPSA) is 62.2 Å². The Morgan fingerprint density at radius 3 is 2.77 bits per heavy atom. The molecule has 1 aromatic heterocycles. The number of aromatic hydroxyl groups is 1. The molecule has 0 saturated carbocycles. The molecular formula is C16H10Cl2N2O2. The Hall–Kier alpha value is -2.30. The molecule has 110 valence electrons. The van der Waals surface area contributed by atoms with Crippen molar-refractivity contribution in [3.63, 3.8) is 0 Å². The summed E-state index contributed by atoms with van der Waals surface area (Å²) in [4.78, 5) is 16.4. The van der Waals surface area contributed by atoms with Crippen molar-refractivity contribution < 1.29 is 9.90 Å². The second-order valence-electron chi connectivity index (χ2n) is 4.62. The van der Waals surface area contributed by atoms with Crippen LogP contribution in [0.4, 0.5) is 5.69 Å². The zero-order valence-corrected chi connectivity index (χ0v) is 12.7. The Bertz CT molecular complexity index is 881. The molecule has 1 heterocycles. The molecule has 0 aliphatic rings. The van der Waals surface area contributed by atoms with Crippen LogP contribution in [0.1, 0.15) is 10.4 Å². The first-order chi connectivity index (χ1) is 10.6. The maximum absolute atomic E-state index is 12.3. The van der Waals surface area contributed by atoms with Crippen LogP contribution in [0.15, 0.2) is 48.7 Å². The second kappa shape index (κ2) is 5.83. The molecule has 0 unspecified atom stereocenters. The van der Waals surface area contributed by atoms with Gasteiger partial charge < -0.3 is 10.4 Å². The lowest BCUT2D eigenvalue weighted by molar-refractivity contribution is 0.102. The Morgan fingerprint density at radius 1 is 1.14 bits per heavy atom. The van der Waals surface area contributed by atoms with E-state index in [1.165, 1.54) is 12.1 Å². The molecule has 4 nitrogen and oxygen atoms in total. The average molecular weight is 333 g/mol. The summed E-state index contributed by atoms with van der Waals surface area (Å²) >= 11 is 11.9. The van der Waals surface area contributed by atoms with Gasteiger partial charge in [0.25, 0.3) is 5.91 Å². The predicted molar refractivity (Wildman–Crippen MR) is 87.8 cm³/mol. The number of fused-ring (bicyclic) bond motifs is 1. The second-order valence-corrected chi connectivity index (χ2v) is 5.46. The maximum atomic E-state index is 12.3. The van der Waals surface area contributed by atoms with Gasteiger partial charge in [0.05, 0.1) is 16.3 Å². The van der Waals surface area contributed by atoms with Gasteiger partial charge in [-0.25, -0.2) is 0 Å². The fourth-order valence-corrected chi connectivity index (χ4v) is 2.43. The maximum Gasteiger partial charge on any atom is 0.259 e. The minimum absolute atomic E-state index is 0.113. The molecule has 2 N–H and O–H groups in total. The number of halogens is 2. The van der Waals surface area contributed by atoms with Crippen LogP contribution in [-0.2, 0) is 0 Å². The van der Waals surface area contributed by atoms with Crippen molar-refractivity contribution in [1.82, 2.24) is 4.98 Å². The van der Waals surface area contributed by atoms with E-state index >= 15 is 0 Å². The van der Waals surface area contributed by atoms with E-state index in [2.05, 4.69) is 10.3 Å². The summed E-state index contributed by atoms with van der Waals surface area (Å²) in [6.07, 6.45) is 1.55. The van der Waals surface area contributed by atoms with Gasteiger partial charge in [0.1, 0.15) is 5.52 Å². The van der Waals surface area contributed by atoms with Crippen LogP contribution in [-0.4, -0.2) is 16.0 Å². The Morgan fingerprint density at radius 2 is 1.95 bits per heavy atom. The number of pyridine rings is 1. The summed E-state index contributed by atoms with van der Waals surface area (Å²) in [5.74, 6) is -0.664. The minimum Gasteiger partial charge on any atom is -0.505 e. The first-order valence-corrected chi connectivity index (χ1v) is 7.15. The molecule has 6 heteroatoms. The van der Waals surface area contributed by atoms with E-state index in [1.54, 1.807) is 36.5 Å². The number of anilines is 1. The summed E-state index contributed by atoms with van der Waals surface area (Å²) < 4.78 is 0. The van der Waals surface area contributed by atoms with Gasteiger partial charge in [0.15, 0.2) is 5.75 Å². The Kier molecular flexibility index (Phi) is 3.88. The van der Waals surface area contributed by atoms with Crippen LogP contribution >= 0.6 is 23.2 Å². The van der Waals surface area contributed by atoms with Gasteiger partial charge in [-0.1, -0.05) is 35.3 Å². The number of phenolic OH excluding ortho intramolecular Hbond substituents is 1. The number of hydrogen-bond donors (Lipinski definition) is 2. The highest BCUT2D eigenvalue weighted by molar-refractivity contribution is 6.36. The lowest BCUT2D eigenvalue weighted by Crippen LogP contribution is -2.12. The molecule has 1 amide bonds. The number of aromatic nitrogens is 1. The van der Waals surface area contributed by atoms with Crippen molar-refractivity contribution >= 4 is 45.7 Å². The highest BCUT2D eigenvalue weighted by atomic mass is 35.5. The molecule has 0 spiro atoms. The van der Waals surface area contributed by atoms with E-state index in [9.17, 15) is 9.90 Å². The predicted octanol–water partition coefficient (Wildman–Crippen LogP) is 4.50. The summed E-state index contributed by atoms with van der Waals surface area (Å²) in [6, 6.07) is 11.6. The molecule has 0 bridgehead atoms. The van der Waals surface area contributed by atoms with Gasteiger partial charge in [-0.05, 0) is 30.3 Å². The number of phenols is 1. The highest BCUT2D eigenvalue weighted by Gasteiger charge is 2.16. The summed E-state index contributed by atoms with van der Waals surface area (Å²) in [5.41, 5.74) is 0.856. The Balaban J connectivity index is 1.99. The SMILES string of the molecule is O=C(Nc1cc(Cl)ccc1Cl)c1ccc2cccnc2c1O. The number of nitrogens with zero attached hydrogens (tertiary/aromatic N) is 1. The third kappa shape index (κ3) is 2.71. The van der Waals surface area contributed by atoms with E-state index < -0.39 is 5.91 Å². The van der Waals surface area contributed by atoms with Crippen LogP contribution < -0.4 is 5.32 Å². The third-order valence-corrected chi connectivity index (χ3v) is 3.73. The van der Waals surface area contributed by atoms with Crippen LogP contribution in [0.3, 0.4) is 0 Å². The van der Waals surface area contributed by atoms with Crippen LogP contribution in [0, 0.1) is 0 Å². The van der Waals surface area contributed by atoms with Crippen molar-refractivity contribution in [2.24, 2.45) is 0 Å². The largest absolute Gasteiger partial charge is 0.505 e. The lowest BCUT2D eigenvalue weighted by Gasteiger charge is -2.10. The number of nitrogens with one attached hydrogen (secondary N) is 1. The quantitative estimate of drug-likeness (QED) is 0.726. The van der Waals surface area contributed by atoms with Gasteiger partial charge in [-0.3, -0.25) is 9.78 Å². The number of carbonyl (C=O) groups excluding carboxylic acids is 1. The number of hydrogen-bond acceptors (Lipinski definition) is 3. The molecule has 3 rings (SSSR count). The molecule has 2 aromatic carbocycles. The molecule has 0 aliphatic heterocycles. The fraction of sp³-hybridized carbons (Fsp3) is 0. The lowest BCUT2D eigenvalue weighted by atomic mass is 10.1.